The fraction of sp³-hybridized carbons (Fsp3) is 0.481. The van der Waals surface area contributed by atoms with Gasteiger partial charge in [-0.2, -0.15) is 0 Å². The summed E-state index contributed by atoms with van der Waals surface area (Å²) in [5.41, 5.74) is 6.15. The Labute approximate surface area is 194 Å². The van der Waals surface area contributed by atoms with Crippen molar-refractivity contribution < 1.29 is 0 Å². The maximum atomic E-state index is 3.87. The summed E-state index contributed by atoms with van der Waals surface area (Å²) in [6, 6.07) is 20.3. The van der Waals surface area contributed by atoms with Crippen LogP contribution < -0.4 is 0 Å². The molecule has 2 heterocycles. The number of aromatic nitrogens is 1. The Balaban J connectivity index is 1.51. The van der Waals surface area contributed by atoms with E-state index in [0.717, 1.165) is 0 Å². The highest BCUT2D eigenvalue weighted by molar-refractivity contribution is 14.1. The molecule has 0 spiro atoms. The van der Waals surface area contributed by atoms with Gasteiger partial charge in [0.25, 0.3) is 0 Å². The van der Waals surface area contributed by atoms with E-state index in [1.165, 1.54) is 86.6 Å². The fourth-order valence-electron chi connectivity index (χ4n) is 6.08. The number of fused-ring (bicyclic) bond motifs is 1. The third-order valence-electron chi connectivity index (χ3n) is 7.65. The molecule has 0 atom stereocenters. The van der Waals surface area contributed by atoms with E-state index in [2.05, 4.69) is 94.0 Å². The van der Waals surface area contributed by atoms with Gasteiger partial charge in [-0.1, -0.05) is 84.5 Å². The van der Waals surface area contributed by atoms with Crippen LogP contribution in [0.25, 0.3) is 10.9 Å². The first-order valence-corrected chi connectivity index (χ1v) is 12.8. The number of likely N-dealkylation sites (tertiary alicyclic amines) is 1. The first-order chi connectivity index (χ1) is 14.7. The molecule has 0 amide bonds. The minimum Gasteiger partial charge on any atom is -0.357 e. The Kier molecular flexibility index (Phi) is 5.70. The summed E-state index contributed by atoms with van der Waals surface area (Å²) in [6.07, 6.45) is 10.1. The molecular weight excluding hydrogens is 479 g/mol. The van der Waals surface area contributed by atoms with Crippen LogP contribution in [0.4, 0.5) is 0 Å². The summed E-state index contributed by atoms with van der Waals surface area (Å²) < 4.78 is 0.208. The third kappa shape index (κ3) is 3.42. The van der Waals surface area contributed by atoms with Gasteiger partial charge in [0, 0.05) is 22.1 Å². The lowest BCUT2D eigenvalue weighted by atomic mass is 9.70. The molecule has 158 valence electrons. The number of benzene rings is 2. The molecule has 1 saturated heterocycles. The zero-order valence-electron chi connectivity index (χ0n) is 18.1. The molecule has 2 fully saturated rings. The number of hydrogen-bond acceptors (Lipinski definition) is 1. The Morgan fingerprint density at radius 3 is 2.27 bits per heavy atom. The number of aryl methyl sites for hydroxylation is 1. The lowest BCUT2D eigenvalue weighted by Crippen LogP contribution is -2.49. The minimum absolute atomic E-state index is 0.208. The van der Waals surface area contributed by atoms with Gasteiger partial charge in [0.05, 0.1) is 3.42 Å². The van der Waals surface area contributed by atoms with E-state index in [9.17, 15) is 0 Å². The normalized spacial score (nSPS) is 27.7. The SMILES string of the molecule is CCCc1c(C2(I)CCC(c3ccccc3)(N3CCCC3)CC2)[nH]c2ccccc12. The molecule has 3 aromatic rings. The number of halogens is 1. The topological polar surface area (TPSA) is 19.0 Å². The number of rotatable bonds is 5. The highest BCUT2D eigenvalue weighted by atomic mass is 127. The molecule has 5 rings (SSSR count). The van der Waals surface area contributed by atoms with Crippen molar-refractivity contribution >= 4 is 33.5 Å². The Bertz CT molecular complexity index is 992. The number of alkyl halides is 1. The lowest BCUT2D eigenvalue weighted by molar-refractivity contribution is 0.0610. The highest BCUT2D eigenvalue weighted by Crippen LogP contribution is 2.54. The van der Waals surface area contributed by atoms with Crippen molar-refractivity contribution in [3.63, 3.8) is 0 Å². The molecule has 1 N–H and O–H groups in total. The average molecular weight is 512 g/mol. The van der Waals surface area contributed by atoms with Gasteiger partial charge in [-0.05, 0) is 75.2 Å². The van der Waals surface area contributed by atoms with Crippen LogP contribution in [0, 0.1) is 0 Å². The predicted octanol–water partition coefficient (Wildman–Crippen LogP) is 7.32. The molecule has 0 bridgehead atoms. The van der Waals surface area contributed by atoms with Crippen LogP contribution in [-0.4, -0.2) is 23.0 Å². The molecule has 1 aliphatic carbocycles. The van der Waals surface area contributed by atoms with Gasteiger partial charge in [-0.15, -0.1) is 0 Å². The van der Waals surface area contributed by atoms with Crippen molar-refractivity contribution in [1.29, 1.82) is 0 Å². The summed E-state index contributed by atoms with van der Waals surface area (Å²) >= 11 is 2.81. The Morgan fingerprint density at radius 2 is 1.57 bits per heavy atom. The molecular formula is C27H33IN2. The second kappa shape index (κ2) is 8.31. The Morgan fingerprint density at radius 1 is 0.900 bits per heavy atom. The fourth-order valence-corrected chi connectivity index (χ4v) is 7.08. The number of H-pyrrole nitrogens is 1. The van der Waals surface area contributed by atoms with Crippen molar-refractivity contribution in [2.75, 3.05) is 13.1 Å². The maximum absolute atomic E-state index is 3.87. The molecule has 2 nitrogen and oxygen atoms in total. The molecule has 30 heavy (non-hydrogen) atoms. The van der Waals surface area contributed by atoms with Crippen LogP contribution >= 0.6 is 22.6 Å². The highest BCUT2D eigenvalue weighted by Gasteiger charge is 2.48. The predicted molar refractivity (Wildman–Crippen MR) is 135 cm³/mol. The van der Waals surface area contributed by atoms with E-state index < -0.39 is 0 Å². The number of nitrogens with one attached hydrogen (secondary N) is 1. The van der Waals surface area contributed by atoms with Gasteiger partial charge in [0.15, 0.2) is 0 Å². The molecule has 1 aromatic heterocycles. The van der Waals surface area contributed by atoms with E-state index >= 15 is 0 Å². The van der Waals surface area contributed by atoms with Gasteiger partial charge in [-0.3, -0.25) is 4.90 Å². The van der Waals surface area contributed by atoms with E-state index in [1.54, 1.807) is 5.56 Å². The van der Waals surface area contributed by atoms with Gasteiger partial charge in [0.1, 0.15) is 0 Å². The van der Waals surface area contributed by atoms with Gasteiger partial charge >= 0.3 is 0 Å². The van der Waals surface area contributed by atoms with Crippen LogP contribution in [0.3, 0.4) is 0 Å². The first kappa shape index (κ1) is 20.6. The van der Waals surface area contributed by atoms with Crippen LogP contribution in [0.2, 0.25) is 0 Å². The average Bonchev–Trinajstić information content (AvgIpc) is 3.45. The minimum atomic E-state index is 0.208. The molecule has 2 aromatic carbocycles. The van der Waals surface area contributed by atoms with Crippen LogP contribution in [0.5, 0.6) is 0 Å². The van der Waals surface area contributed by atoms with Crippen molar-refractivity contribution in [2.24, 2.45) is 0 Å². The van der Waals surface area contributed by atoms with Crippen molar-refractivity contribution in [3.8, 4) is 0 Å². The number of aromatic amines is 1. The van der Waals surface area contributed by atoms with Gasteiger partial charge in [0.2, 0.25) is 0 Å². The Hall–Kier alpha value is -1.33. The number of hydrogen-bond donors (Lipinski definition) is 1. The number of nitrogens with zero attached hydrogens (tertiary/aromatic N) is 1. The second-order valence-electron chi connectivity index (χ2n) is 9.33. The van der Waals surface area contributed by atoms with Crippen LogP contribution in [0.1, 0.15) is 68.7 Å². The monoisotopic (exact) mass is 512 g/mol. The number of para-hydroxylation sites is 1. The van der Waals surface area contributed by atoms with E-state index in [0.29, 0.717) is 0 Å². The summed E-state index contributed by atoms with van der Waals surface area (Å²) in [4.78, 5) is 6.69. The van der Waals surface area contributed by atoms with Crippen molar-refractivity contribution in [2.45, 2.75) is 67.3 Å². The maximum Gasteiger partial charge on any atom is 0.0624 e. The van der Waals surface area contributed by atoms with E-state index in [-0.39, 0.29) is 8.96 Å². The molecule has 1 aliphatic heterocycles. The molecule has 1 saturated carbocycles. The smallest absolute Gasteiger partial charge is 0.0624 e. The molecule has 0 radical (unpaired) electrons. The van der Waals surface area contributed by atoms with E-state index in [4.69, 9.17) is 0 Å². The standard InChI is InChI=1S/C27H33IN2/c1-2-10-23-22-13-6-7-14-24(22)29-25(23)26(28)15-17-27(18-16-26,30-19-8-9-20-30)21-11-4-3-5-12-21/h3-7,11-14,29H,2,8-10,15-20H2,1H3. The first-order valence-electron chi connectivity index (χ1n) is 11.8. The largest absolute Gasteiger partial charge is 0.357 e. The zero-order chi connectivity index (χ0) is 20.6. The third-order valence-corrected chi connectivity index (χ3v) is 9.27. The molecule has 0 unspecified atom stereocenters. The van der Waals surface area contributed by atoms with E-state index in [1.807, 2.05) is 0 Å². The van der Waals surface area contributed by atoms with Crippen molar-refractivity contribution in [3.05, 3.63) is 71.4 Å². The summed E-state index contributed by atoms with van der Waals surface area (Å²) in [6.45, 7) is 4.83. The van der Waals surface area contributed by atoms with Crippen LogP contribution in [0.15, 0.2) is 54.6 Å². The summed E-state index contributed by atoms with van der Waals surface area (Å²) in [5.74, 6) is 0. The van der Waals surface area contributed by atoms with Gasteiger partial charge in [-0.25, -0.2) is 0 Å². The quantitative estimate of drug-likeness (QED) is 0.281. The van der Waals surface area contributed by atoms with Crippen LogP contribution in [-0.2, 0) is 15.4 Å². The zero-order valence-corrected chi connectivity index (χ0v) is 20.2. The molecule has 3 heteroatoms. The summed E-state index contributed by atoms with van der Waals surface area (Å²) in [5, 5.41) is 1.44. The van der Waals surface area contributed by atoms with Crippen molar-refractivity contribution in [1.82, 2.24) is 9.88 Å². The lowest BCUT2D eigenvalue weighted by Gasteiger charge is -2.49. The van der Waals surface area contributed by atoms with Gasteiger partial charge < -0.3 is 4.98 Å². The second-order valence-corrected chi connectivity index (χ2v) is 11.4. The molecule has 2 aliphatic rings. The summed E-state index contributed by atoms with van der Waals surface area (Å²) in [7, 11) is 0.